The monoisotopic (exact) mass is 344 g/mol. The van der Waals surface area contributed by atoms with Crippen LogP contribution < -0.4 is 0 Å². The van der Waals surface area contributed by atoms with Gasteiger partial charge in [-0.2, -0.15) is 0 Å². The Bertz CT molecular complexity index is 867. The molecular formula is C16H12N2O3S2. The van der Waals surface area contributed by atoms with E-state index < -0.39 is 12.5 Å². The highest BCUT2D eigenvalue weighted by molar-refractivity contribution is 8.26. The molecule has 3 rings (SSSR count). The lowest BCUT2D eigenvalue weighted by Crippen LogP contribution is -2.33. The lowest BCUT2D eigenvalue weighted by molar-refractivity contribution is -0.140. The topological polar surface area (TPSA) is 62.0 Å². The van der Waals surface area contributed by atoms with Gasteiger partial charge in [0.05, 0.1) is 10.4 Å². The van der Waals surface area contributed by atoms with Gasteiger partial charge in [-0.3, -0.25) is 14.5 Å². The Kier molecular flexibility index (Phi) is 4.31. The minimum Gasteiger partial charge on any atom is -0.480 e. The number of thiocarbonyl (C=S) groups is 1. The number of thioether (sulfide) groups is 1. The van der Waals surface area contributed by atoms with E-state index in [2.05, 4.69) is 0 Å². The van der Waals surface area contributed by atoms with Gasteiger partial charge in [0.15, 0.2) is 0 Å². The van der Waals surface area contributed by atoms with Gasteiger partial charge in [-0.15, -0.1) is 0 Å². The number of hydrogen-bond donors (Lipinski definition) is 1. The molecule has 0 spiro atoms. The molecule has 1 fully saturated rings. The summed E-state index contributed by atoms with van der Waals surface area (Å²) in [5, 5.41) is 8.80. The molecule has 1 saturated heterocycles. The first-order chi connectivity index (χ1) is 11.1. The quantitative estimate of drug-likeness (QED) is 0.683. The average molecular weight is 344 g/mol. The van der Waals surface area contributed by atoms with Crippen molar-refractivity contribution in [2.75, 3.05) is 6.54 Å². The smallest absolute Gasteiger partial charge is 0.323 e. The van der Waals surface area contributed by atoms with Crippen molar-refractivity contribution in [3.8, 4) is 0 Å². The first kappa shape index (κ1) is 15.5. The SMILES string of the molecule is O=C(O)CN1C(=O)C(=CC=Cc2ccn3ccccc23)SC1=S. The molecule has 0 saturated carbocycles. The van der Waals surface area contributed by atoms with E-state index >= 15 is 0 Å². The molecule has 0 radical (unpaired) electrons. The van der Waals surface area contributed by atoms with Crippen LogP contribution in [0.2, 0.25) is 0 Å². The molecule has 0 bridgehead atoms. The van der Waals surface area contributed by atoms with Crippen molar-refractivity contribution in [3.05, 3.63) is 59.3 Å². The van der Waals surface area contributed by atoms with Crippen LogP contribution in [-0.2, 0) is 9.59 Å². The van der Waals surface area contributed by atoms with E-state index in [9.17, 15) is 9.59 Å². The molecule has 0 aliphatic carbocycles. The number of carbonyl (C=O) groups excluding carboxylic acids is 1. The molecule has 1 aliphatic heterocycles. The van der Waals surface area contributed by atoms with Crippen molar-refractivity contribution in [2.24, 2.45) is 0 Å². The third kappa shape index (κ3) is 3.20. The van der Waals surface area contributed by atoms with E-state index in [-0.39, 0.29) is 10.2 Å². The summed E-state index contributed by atoms with van der Waals surface area (Å²) in [5.74, 6) is -1.45. The molecule has 0 atom stereocenters. The van der Waals surface area contributed by atoms with Crippen molar-refractivity contribution < 1.29 is 14.7 Å². The van der Waals surface area contributed by atoms with Crippen LogP contribution in [0, 0.1) is 0 Å². The molecule has 2 aromatic heterocycles. The van der Waals surface area contributed by atoms with Crippen LogP contribution in [0.3, 0.4) is 0 Å². The van der Waals surface area contributed by atoms with Crippen molar-refractivity contribution in [3.63, 3.8) is 0 Å². The Hall–Kier alpha value is -2.38. The molecule has 7 heteroatoms. The second-order valence-corrected chi connectivity index (χ2v) is 6.48. The molecule has 0 unspecified atom stereocenters. The van der Waals surface area contributed by atoms with Gasteiger partial charge >= 0.3 is 5.97 Å². The van der Waals surface area contributed by atoms with Gasteiger partial charge in [0.1, 0.15) is 10.9 Å². The normalized spacial score (nSPS) is 17.0. The highest BCUT2D eigenvalue weighted by Crippen LogP contribution is 2.30. The Morgan fingerprint density at radius 2 is 2.13 bits per heavy atom. The third-order valence-corrected chi connectivity index (χ3v) is 4.69. The fourth-order valence-electron chi connectivity index (χ4n) is 2.24. The van der Waals surface area contributed by atoms with Crippen LogP contribution in [0.15, 0.2) is 53.7 Å². The maximum absolute atomic E-state index is 12.1. The van der Waals surface area contributed by atoms with E-state index in [1.54, 1.807) is 12.2 Å². The van der Waals surface area contributed by atoms with Crippen LogP contribution in [0.25, 0.3) is 11.6 Å². The first-order valence-electron chi connectivity index (χ1n) is 6.76. The fourth-order valence-corrected chi connectivity index (χ4v) is 3.45. The summed E-state index contributed by atoms with van der Waals surface area (Å²) in [6.45, 7) is -0.407. The lowest BCUT2D eigenvalue weighted by atomic mass is 10.2. The number of aromatic nitrogens is 1. The number of carbonyl (C=O) groups is 2. The zero-order valence-electron chi connectivity index (χ0n) is 11.9. The van der Waals surface area contributed by atoms with E-state index in [0.717, 1.165) is 27.7 Å². The molecule has 1 aliphatic rings. The average Bonchev–Trinajstić information content (AvgIpc) is 3.04. The minimum absolute atomic E-state index is 0.270. The molecule has 1 amide bonds. The number of aliphatic carboxylic acids is 1. The summed E-state index contributed by atoms with van der Waals surface area (Å²) >= 11 is 6.16. The number of rotatable bonds is 4. The van der Waals surface area contributed by atoms with Crippen LogP contribution in [0.1, 0.15) is 5.56 Å². The van der Waals surface area contributed by atoms with Crippen molar-refractivity contribution >= 4 is 51.8 Å². The zero-order chi connectivity index (χ0) is 16.4. The number of pyridine rings is 1. The van der Waals surface area contributed by atoms with E-state index in [1.807, 2.05) is 47.1 Å². The fraction of sp³-hybridized carbons (Fsp3) is 0.0625. The van der Waals surface area contributed by atoms with Gasteiger partial charge in [-0.1, -0.05) is 42.2 Å². The summed E-state index contributed by atoms with van der Waals surface area (Å²) in [6.07, 6.45) is 9.26. The molecular weight excluding hydrogens is 332 g/mol. The Morgan fingerprint density at radius 1 is 1.30 bits per heavy atom. The zero-order valence-corrected chi connectivity index (χ0v) is 13.5. The van der Waals surface area contributed by atoms with Gasteiger partial charge in [0.2, 0.25) is 0 Å². The Labute approximate surface area is 141 Å². The van der Waals surface area contributed by atoms with Crippen molar-refractivity contribution in [2.45, 2.75) is 0 Å². The predicted octanol–water partition coefficient (Wildman–Crippen LogP) is 2.78. The minimum atomic E-state index is -1.08. The molecule has 3 heterocycles. The number of carboxylic acids is 1. The second kappa shape index (κ2) is 6.39. The largest absolute Gasteiger partial charge is 0.480 e. The number of amides is 1. The molecule has 0 aromatic carbocycles. The van der Waals surface area contributed by atoms with Gasteiger partial charge in [0, 0.05) is 12.4 Å². The van der Waals surface area contributed by atoms with Crippen LogP contribution in [0.4, 0.5) is 0 Å². The highest BCUT2D eigenvalue weighted by Gasteiger charge is 2.32. The van der Waals surface area contributed by atoms with Crippen LogP contribution >= 0.6 is 24.0 Å². The van der Waals surface area contributed by atoms with E-state index in [4.69, 9.17) is 17.3 Å². The first-order valence-corrected chi connectivity index (χ1v) is 7.98. The Balaban J connectivity index is 1.79. The molecule has 2 aromatic rings. The van der Waals surface area contributed by atoms with Crippen molar-refractivity contribution in [1.82, 2.24) is 9.30 Å². The van der Waals surface area contributed by atoms with Crippen LogP contribution in [-0.4, -0.2) is 37.1 Å². The summed E-state index contributed by atoms with van der Waals surface area (Å²) in [5.41, 5.74) is 2.10. The van der Waals surface area contributed by atoms with Crippen molar-refractivity contribution in [1.29, 1.82) is 0 Å². The van der Waals surface area contributed by atoms with E-state index in [0.29, 0.717) is 4.91 Å². The lowest BCUT2D eigenvalue weighted by Gasteiger charge is -2.09. The number of carboxylic acid groups (broad SMARTS) is 1. The number of nitrogens with zero attached hydrogens (tertiary/aromatic N) is 2. The van der Waals surface area contributed by atoms with E-state index in [1.165, 1.54) is 0 Å². The third-order valence-electron chi connectivity index (χ3n) is 3.29. The second-order valence-electron chi connectivity index (χ2n) is 4.81. The summed E-state index contributed by atoms with van der Waals surface area (Å²) in [4.78, 5) is 24.4. The summed E-state index contributed by atoms with van der Waals surface area (Å²) in [6, 6.07) is 7.90. The number of hydrogen-bond acceptors (Lipinski definition) is 4. The van der Waals surface area contributed by atoms with Crippen LogP contribution in [0.5, 0.6) is 0 Å². The van der Waals surface area contributed by atoms with Gasteiger partial charge in [-0.05, 0) is 29.8 Å². The number of fused-ring (bicyclic) bond motifs is 1. The Morgan fingerprint density at radius 3 is 2.91 bits per heavy atom. The maximum atomic E-state index is 12.1. The predicted molar refractivity (Wildman–Crippen MR) is 94.1 cm³/mol. The van der Waals surface area contributed by atoms with Gasteiger partial charge in [0.25, 0.3) is 5.91 Å². The molecule has 23 heavy (non-hydrogen) atoms. The standard InChI is InChI=1S/C16H12N2O3S2/c19-14(20)10-18-15(21)13(23-16(18)22)6-3-4-11-7-9-17-8-2-1-5-12(11)17/h1-9H,10H2,(H,19,20). The van der Waals surface area contributed by atoms with Gasteiger partial charge in [-0.25, -0.2) is 0 Å². The molecule has 5 nitrogen and oxygen atoms in total. The van der Waals surface area contributed by atoms with Gasteiger partial charge < -0.3 is 9.51 Å². The maximum Gasteiger partial charge on any atom is 0.323 e. The highest BCUT2D eigenvalue weighted by atomic mass is 32.2. The molecule has 1 N–H and O–H groups in total. The summed E-state index contributed by atoms with van der Waals surface area (Å²) < 4.78 is 2.28. The molecule has 116 valence electrons. The summed E-state index contributed by atoms with van der Waals surface area (Å²) in [7, 11) is 0. The number of allylic oxidation sites excluding steroid dienone is 2.